The van der Waals surface area contributed by atoms with E-state index < -0.39 is 17.6 Å². The van der Waals surface area contributed by atoms with Gasteiger partial charge in [0.05, 0.1) is 11.3 Å². The van der Waals surface area contributed by atoms with Crippen molar-refractivity contribution in [2.45, 2.75) is 73.5 Å². The van der Waals surface area contributed by atoms with Crippen LogP contribution in [-0.2, 0) is 12.7 Å². The van der Waals surface area contributed by atoms with Gasteiger partial charge in [0, 0.05) is 35.6 Å². The highest BCUT2D eigenvalue weighted by molar-refractivity contribution is 5.53. The molecule has 37 heavy (non-hydrogen) atoms. The van der Waals surface area contributed by atoms with Gasteiger partial charge in [-0.1, -0.05) is 57.6 Å². The first kappa shape index (κ1) is 30.5. The van der Waals surface area contributed by atoms with Crippen LogP contribution in [0, 0.1) is 24.1 Å². The molecule has 0 radical (unpaired) electrons. The number of rotatable bonds is 8. The predicted octanol–water partition coefficient (Wildman–Crippen LogP) is 6.13. The number of nitrogens with one attached hydrogen (secondary N) is 2. The van der Waals surface area contributed by atoms with Crippen LogP contribution in [-0.4, -0.2) is 23.3 Å². The summed E-state index contributed by atoms with van der Waals surface area (Å²) in [6, 6.07) is 3.19. The van der Waals surface area contributed by atoms with Crippen LogP contribution >= 0.6 is 0 Å². The topological polar surface area (TPSA) is 49.8 Å². The van der Waals surface area contributed by atoms with E-state index in [1.807, 2.05) is 19.9 Å². The Bertz CT molecular complexity index is 1180. The quantitative estimate of drug-likeness (QED) is 0.411. The average Bonchev–Trinajstić information content (AvgIpc) is 2.81. The molecule has 3 rings (SSSR count). The van der Waals surface area contributed by atoms with Crippen LogP contribution in [0.5, 0.6) is 0 Å². The van der Waals surface area contributed by atoms with Crippen molar-refractivity contribution in [3.05, 3.63) is 63.4 Å². The zero-order valence-electron chi connectivity index (χ0n) is 22.8. The number of allylic oxidation sites excluding steroid dienone is 1. The molecule has 4 nitrogen and oxygen atoms in total. The third-order valence-electron chi connectivity index (χ3n) is 6.97. The Morgan fingerprint density at radius 1 is 1.22 bits per heavy atom. The molecule has 1 atom stereocenters. The van der Waals surface area contributed by atoms with Crippen LogP contribution in [0.15, 0.2) is 30.4 Å². The molecule has 0 spiro atoms. The smallest absolute Gasteiger partial charge is 0.364 e. The Morgan fingerprint density at radius 2 is 1.89 bits per heavy atom. The molecule has 1 saturated heterocycles. The van der Waals surface area contributed by atoms with Gasteiger partial charge >= 0.3 is 6.18 Å². The summed E-state index contributed by atoms with van der Waals surface area (Å²) in [5.41, 5.74) is 0.758. The van der Waals surface area contributed by atoms with Crippen molar-refractivity contribution in [2.24, 2.45) is 11.3 Å². The molecule has 1 fully saturated rings. The van der Waals surface area contributed by atoms with Gasteiger partial charge in [-0.3, -0.25) is 0 Å². The second-order valence-electron chi connectivity index (χ2n) is 10.0. The molecule has 2 aromatic rings. The van der Waals surface area contributed by atoms with E-state index in [0.717, 1.165) is 22.8 Å². The van der Waals surface area contributed by atoms with Gasteiger partial charge in [-0.2, -0.15) is 18.3 Å². The number of benzene rings is 1. The number of hydrogen-bond donors (Lipinski definition) is 2. The lowest BCUT2D eigenvalue weighted by Crippen LogP contribution is -2.53. The normalized spacial score (nSPS) is 16.5. The van der Waals surface area contributed by atoms with E-state index in [9.17, 15) is 17.6 Å². The summed E-state index contributed by atoms with van der Waals surface area (Å²) in [5.74, 6) is -0.0270. The van der Waals surface area contributed by atoms with Crippen LogP contribution in [0.1, 0.15) is 70.7 Å². The molecule has 0 aliphatic carbocycles. The van der Waals surface area contributed by atoms with Gasteiger partial charge in [-0.05, 0) is 57.1 Å². The molecule has 8 heteroatoms. The highest BCUT2D eigenvalue weighted by Gasteiger charge is 2.36. The van der Waals surface area contributed by atoms with Crippen LogP contribution in [0.25, 0.3) is 12.2 Å². The molecule has 0 amide bonds. The summed E-state index contributed by atoms with van der Waals surface area (Å²) >= 11 is 0. The lowest BCUT2D eigenvalue weighted by molar-refractivity contribution is -0.140. The first-order chi connectivity index (χ1) is 17.4. The molecule has 1 aliphatic rings. The molecule has 2 heterocycles. The van der Waals surface area contributed by atoms with Crippen LogP contribution < -0.4 is 21.1 Å². The second-order valence-corrected chi connectivity index (χ2v) is 10.0. The molecular weight excluding hydrogens is 480 g/mol. The highest BCUT2D eigenvalue weighted by atomic mass is 19.4. The zero-order chi connectivity index (χ0) is 27.8. The van der Waals surface area contributed by atoms with Crippen molar-refractivity contribution < 1.29 is 17.6 Å². The molecule has 1 unspecified atom stereocenters. The molecule has 204 valence electrons. The molecule has 1 aliphatic heterocycles. The van der Waals surface area contributed by atoms with E-state index >= 15 is 0 Å². The second kappa shape index (κ2) is 13.2. The largest absolute Gasteiger partial charge is 0.419 e. The van der Waals surface area contributed by atoms with E-state index in [1.165, 1.54) is 44.5 Å². The Labute approximate surface area is 218 Å². The van der Waals surface area contributed by atoms with Gasteiger partial charge in [0.25, 0.3) is 0 Å². The molecular formula is C29H40F4N4. The van der Waals surface area contributed by atoms with E-state index in [2.05, 4.69) is 48.2 Å². The van der Waals surface area contributed by atoms with Crippen molar-refractivity contribution in [3.8, 4) is 0 Å². The van der Waals surface area contributed by atoms with Gasteiger partial charge in [0.1, 0.15) is 5.82 Å². The van der Waals surface area contributed by atoms with Crippen LogP contribution in [0.3, 0.4) is 0 Å². The summed E-state index contributed by atoms with van der Waals surface area (Å²) in [6.45, 7) is 18.6. The SMILES string of the molecule is C=C(C)/C=c1/c(NCc2cccc(C(F)(F)F)c2F)nnc(C)/c1=C/C.CCC(C)CC1(CC)CNC1. The maximum Gasteiger partial charge on any atom is 0.419 e. The van der Waals surface area contributed by atoms with E-state index in [4.69, 9.17) is 0 Å². The standard InChI is InChI=1S/C19H19F4N3.C10H21N/c1-5-14-12(4)25-26-18(15(14)9-11(2)3)24-10-13-7-6-8-16(17(13)20)19(21,22)23;1-4-9(3)6-10(5-2)7-11-8-10/h5-9H,2,10H2,1,3-4H3,(H,24,26);9,11H,4-8H2,1-3H3/b14-5-,15-9+;. The van der Waals surface area contributed by atoms with E-state index in [-0.39, 0.29) is 12.1 Å². The van der Waals surface area contributed by atoms with Gasteiger partial charge in [0.2, 0.25) is 0 Å². The minimum Gasteiger partial charge on any atom is -0.364 e. The minimum atomic E-state index is -4.74. The third-order valence-corrected chi connectivity index (χ3v) is 6.97. The summed E-state index contributed by atoms with van der Waals surface area (Å²) in [5, 5.41) is 15.9. The Balaban J connectivity index is 0.000000364. The van der Waals surface area contributed by atoms with Gasteiger partial charge < -0.3 is 10.6 Å². The fraction of sp³-hybridized carbons (Fsp3) is 0.517. The number of alkyl halides is 3. The first-order valence-corrected chi connectivity index (χ1v) is 12.8. The Morgan fingerprint density at radius 3 is 2.38 bits per heavy atom. The summed E-state index contributed by atoms with van der Waals surface area (Å²) in [6.07, 6.45) is 3.02. The van der Waals surface area contributed by atoms with Crippen molar-refractivity contribution in [3.63, 3.8) is 0 Å². The summed E-state index contributed by atoms with van der Waals surface area (Å²) in [7, 11) is 0. The zero-order valence-corrected chi connectivity index (χ0v) is 22.8. The highest BCUT2D eigenvalue weighted by Crippen LogP contribution is 2.35. The minimum absolute atomic E-state index is 0.106. The Kier molecular flexibility index (Phi) is 10.9. The van der Waals surface area contributed by atoms with E-state index in [1.54, 1.807) is 13.0 Å². The molecule has 0 saturated carbocycles. The maximum atomic E-state index is 14.2. The average molecular weight is 521 g/mol. The van der Waals surface area contributed by atoms with Crippen LogP contribution in [0.4, 0.5) is 23.4 Å². The monoisotopic (exact) mass is 520 g/mol. The lowest BCUT2D eigenvalue weighted by Gasteiger charge is -2.43. The molecule has 1 aromatic heterocycles. The molecule has 1 aromatic carbocycles. The van der Waals surface area contributed by atoms with E-state index in [0.29, 0.717) is 22.1 Å². The first-order valence-electron chi connectivity index (χ1n) is 12.8. The van der Waals surface area contributed by atoms with Crippen molar-refractivity contribution in [2.75, 3.05) is 18.4 Å². The number of anilines is 1. The summed E-state index contributed by atoms with van der Waals surface area (Å²) < 4.78 is 52.7. The lowest BCUT2D eigenvalue weighted by atomic mass is 9.72. The van der Waals surface area contributed by atoms with Crippen molar-refractivity contribution in [1.29, 1.82) is 0 Å². The van der Waals surface area contributed by atoms with Crippen LogP contribution in [0.2, 0.25) is 0 Å². The predicted molar refractivity (Wildman–Crippen MR) is 144 cm³/mol. The van der Waals surface area contributed by atoms with Gasteiger partial charge in [0.15, 0.2) is 5.82 Å². The fourth-order valence-corrected chi connectivity index (χ4v) is 4.46. The molecule has 2 N–H and O–H groups in total. The molecule has 0 bridgehead atoms. The van der Waals surface area contributed by atoms with Gasteiger partial charge in [-0.25, -0.2) is 4.39 Å². The number of hydrogen-bond acceptors (Lipinski definition) is 4. The number of halogens is 4. The van der Waals surface area contributed by atoms with Gasteiger partial charge in [-0.15, -0.1) is 5.10 Å². The van der Waals surface area contributed by atoms with Crippen molar-refractivity contribution in [1.82, 2.24) is 15.5 Å². The summed E-state index contributed by atoms with van der Waals surface area (Å²) in [4.78, 5) is 0. The third kappa shape index (κ3) is 8.12. The Hall–Kier alpha value is -2.74. The maximum absolute atomic E-state index is 14.2. The van der Waals surface area contributed by atoms with Crippen molar-refractivity contribution >= 4 is 18.0 Å². The fourth-order valence-electron chi connectivity index (χ4n) is 4.46. The number of aromatic nitrogens is 2. The number of aryl methyl sites for hydroxylation is 1. The number of nitrogens with zero attached hydrogens (tertiary/aromatic N) is 2.